The molecule has 0 saturated carbocycles. The second-order valence-electron chi connectivity index (χ2n) is 4.27. The lowest BCUT2D eigenvalue weighted by Gasteiger charge is -2.32. The molecule has 0 unspecified atom stereocenters. The Labute approximate surface area is 108 Å². The van der Waals surface area contributed by atoms with Crippen molar-refractivity contribution < 1.29 is 23.5 Å². The van der Waals surface area contributed by atoms with Gasteiger partial charge in [-0.2, -0.15) is 0 Å². The molecule has 1 aromatic carbocycles. The van der Waals surface area contributed by atoms with E-state index >= 15 is 0 Å². The lowest BCUT2D eigenvalue weighted by Crippen LogP contribution is -2.51. The van der Waals surface area contributed by atoms with Crippen LogP contribution in [0, 0.1) is 11.6 Å². The van der Waals surface area contributed by atoms with Crippen molar-refractivity contribution in [1.29, 1.82) is 0 Å². The number of hydrogen-bond donors (Lipinski definition) is 1. The average molecular weight is 270 g/mol. The zero-order valence-electron chi connectivity index (χ0n) is 9.97. The number of carbonyl (C=O) groups is 2. The number of carboxylic acid groups (broad SMARTS) is 1. The molecule has 7 heteroatoms. The molecule has 0 spiro atoms. The second kappa shape index (κ2) is 5.21. The molecule has 0 aliphatic carbocycles. The third kappa shape index (κ3) is 2.98. The van der Waals surface area contributed by atoms with Crippen molar-refractivity contribution in [3.8, 4) is 0 Å². The molecular weight excluding hydrogens is 258 g/mol. The Balaban J connectivity index is 2.02. The van der Waals surface area contributed by atoms with Crippen LogP contribution in [0.1, 0.15) is 5.56 Å². The van der Waals surface area contributed by atoms with Crippen LogP contribution < -0.4 is 0 Å². The molecule has 1 aromatic rings. The third-order valence-electron chi connectivity index (χ3n) is 2.95. The van der Waals surface area contributed by atoms with Gasteiger partial charge in [-0.25, -0.2) is 13.6 Å². The van der Waals surface area contributed by atoms with Gasteiger partial charge in [0.1, 0.15) is 6.54 Å². The van der Waals surface area contributed by atoms with Gasteiger partial charge in [0.25, 0.3) is 0 Å². The Morgan fingerprint density at radius 3 is 2.58 bits per heavy atom. The molecule has 2 amide bonds. The Hall–Kier alpha value is -2.18. The van der Waals surface area contributed by atoms with Crippen LogP contribution in [0.4, 0.5) is 13.6 Å². The number of benzene rings is 1. The lowest BCUT2D eigenvalue weighted by atomic mass is 10.2. The molecule has 1 aliphatic heterocycles. The summed E-state index contributed by atoms with van der Waals surface area (Å²) in [5.41, 5.74) is 0.469. The van der Waals surface area contributed by atoms with Crippen molar-refractivity contribution in [2.75, 3.05) is 19.6 Å². The van der Waals surface area contributed by atoms with Crippen LogP contribution in [-0.2, 0) is 11.3 Å². The van der Waals surface area contributed by atoms with Gasteiger partial charge in [-0.3, -0.25) is 9.69 Å². The predicted octanol–water partition coefficient (Wildman–Crippen LogP) is 1.29. The summed E-state index contributed by atoms with van der Waals surface area (Å²) in [7, 11) is 0. The molecule has 2 rings (SSSR count). The average Bonchev–Trinajstić information content (AvgIpc) is 2.36. The maximum absolute atomic E-state index is 13.0. The zero-order valence-corrected chi connectivity index (χ0v) is 9.97. The van der Waals surface area contributed by atoms with Gasteiger partial charge in [0, 0.05) is 19.6 Å². The lowest BCUT2D eigenvalue weighted by molar-refractivity contribution is -0.135. The fourth-order valence-electron chi connectivity index (χ4n) is 1.90. The van der Waals surface area contributed by atoms with E-state index in [1.807, 2.05) is 0 Å². The molecule has 1 fully saturated rings. The van der Waals surface area contributed by atoms with Crippen LogP contribution >= 0.6 is 0 Å². The van der Waals surface area contributed by atoms with Crippen LogP contribution in [0.2, 0.25) is 0 Å². The molecule has 102 valence electrons. The minimum atomic E-state index is -1.14. The standard InChI is InChI=1S/C12H12F2N2O3/c13-9-2-1-8(5-10(9)14)6-15-3-4-16(12(18)19)7-11(15)17/h1-2,5H,3-4,6-7H2,(H,18,19). The molecule has 0 radical (unpaired) electrons. The first-order valence-corrected chi connectivity index (χ1v) is 5.67. The monoisotopic (exact) mass is 270 g/mol. The third-order valence-corrected chi connectivity index (χ3v) is 2.95. The van der Waals surface area contributed by atoms with Crippen molar-refractivity contribution >= 4 is 12.0 Å². The molecule has 1 aliphatic rings. The Kier molecular flexibility index (Phi) is 3.64. The maximum Gasteiger partial charge on any atom is 0.407 e. The number of nitrogens with zero attached hydrogens (tertiary/aromatic N) is 2. The second-order valence-corrected chi connectivity index (χ2v) is 4.27. The van der Waals surface area contributed by atoms with E-state index in [4.69, 9.17) is 5.11 Å². The van der Waals surface area contributed by atoms with Crippen LogP contribution in [-0.4, -0.2) is 46.5 Å². The Bertz CT molecular complexity index is 522. The van der Waals surface area contributed by atoms with E-state index in [2.05, 4.69) is 0 Å². The minimum absolute atomic E-state index is 0.142. The molecule has 1 saturated heterocycles. The van der Waals surface area contributed by atoms with Crippen molar-refractivity contribution in [2.45, 2.75) is 6.54 Å². The summed E-state index contributed by atoms with van der Waals surface area (Å²) in [6, 6.07) is 3.43. The fraction of sp³-hybridized carbons (Fsp3) is 0.333. The van der Waals surface area contributed by atoms with Gasteiger partial charge >= 0.3 is 6.09 Å². The predicted molar refractivity (Wildman–Crippen MR) is 61.4 cm³/mol. The highest BCUT2D eigenvalue weighted by Gasteiger charge is 2.26. The van der Waals surface area contributed by atoms with E-state index in [0.717, 1.165) is 17.0 Å². The van der Waals surface area contributed by atoms with Gasteiger partial charge in [-0.1, -0.05) is 6.07 Å². The summed E-state index contributed by atoms with van der Waals surface area (Å²) in [5, 5.41) is 8.76. The number of halogens is 2. The number of carbonyl (C=O) groups excluding carboxylic acids is 1. The summed E-state index contributed by atoms with van der Waals surface area (Å²) in [4.78, 5) is 24.9. The van der Waals surface area contributed by atoms with Gasteiger partial charge in [-0.15, -0.1) is 0 Å². The van der Waals surface area contributed by atoms with Crippen LogP contribution in [0.3, 0.4) is 0 Å². The fourth-order valence-corrected chi connectivity index (χ4v) is 1.90. The van der Waals surface area contributed by atoms with E-state index in [0.29, 0.717) is 5.56 Å². The summed E-state index contributed by atoms with van der Waals surface area (Å²) in [6.45, 7) is 0.386. The maximum atomic E-state index is 13.0. The van der Waals surface area contributed by atoms with Gasteiger partial charge in [0.15, 0.2) is 11.6 Å². The Morgan fingerprint density at radius 1 is 1.26 bits per heavy atom. The molecule has 0 aromatic heterocycles. The Morgan fingerprint density at radius 2 is 2.00 bits per heavy atom. The van der Waals surface area contributed by atoms with Crippen molar-refractivity contribution in [3.05, 3.63) is 35.4 Å². The first-order chi connectivity index (χ1) is 8.97. The van der Waals surface area contributed by atoms with Gasteiger partial charge in [0.2, 0.25) is 5.91 Å². The number of amides is 2. The highest BCUT2D eigenvalue weighted by atomic mass is 19.2. The smallest absolute Gasteiger partial charge is 0.407 e. The quantitative estimate of drug-likeness (QED) is 0.880. The normalized spacial score (nSPS) is 15.8. The van der Waals surface area contributed by atoms with Crippen molar-refractivity contribution in [1.82, 2.24) is 9.80 Å². The van der Waals surface area contributed by atoms with Gasteiger partial charge in [0.05, 0.1) is 0 Å². The summed E-state index contributed by atoms with van der Waals surface area (Å²) < 4.78 is 25.8. The highest BCUT2D eigenvalue weighted by Crippen LogP contribution is 2.13. The molecule has 1 N–H and O–H groups in total. The topological polar surface area (TPSA) is 60.9 Å². The summed E-state index contributed by atoms with van der Waals surface area (Å²) in [5.74, 6) is -2.25. The van der Waals surface area contributed by atoms with Crippen molar-refractivity contribution in [3.63, 3.8) is 0 Å². The largest absolute Gasteiger partial charge is 0.465 e. The first kappa shape index (κ1) is 13.3. The molecule has 19 heavy (non-hydrogen) atoms. The van der Waals surface area contributed by atoms with Gasteiger partial charge in [-0.05, 0) is 17.7 Å². The number of rotatable bonds is 2. The van der Waals surface area contributed by atoms with Crippen LogP contribution in [0.15, 0.2) is 18.2 Å². The molecule has 1 heterocycles. The van der Waals surface area contributed by atoms with E-state index in [1.54, 1.807) is 0 Å². The van der Waals surface area contributed by atoms with E-state index in [1.165, 1.54) is 11.0 Å². The summed E-state index contributed by atoms with van der Waals surface area (Å²) in [6.07, 6.45) is -1.14. The highest BCUT2D eigenvalue weighted by molar-refractivity contribution is 5.83. The number of hydrogen-bond acceptors (Lipinski definition) is 2. The molecule has 0 atom stereocenters. The minimum Gasteiger partial charge on any atom is -0.465 e. The SMILES string of the molecule is O=C(O)N1CCN(Cc2ccc(F)c(F)c2)C(=O)C1. The molecule has 5 nitrogen and oxygen atoms in total. The molecular formula is C12H12F2N2O3. The van der Waals surface area contributed by atoms with Gasteiger partial charge < -0.3 is 10.0 Å². The zero-order chi connectivity index (χ0) is 14.0. The first-order valence-electron chi connectivity index (χ1n) is 5.67. The number of piperazine rings is 1. The van der Waals surface area contributed by atoms with Crippen molar-refractivity contribution in [2.24, 2.45) is 0 Å². The van der Waals surface area contributed by atoms with Crippen LogP contribution in [0.5, 0.6) is 0 Å². The van der Waals surface area contributed by atoms with E-state index < -0.39 is 17.7 Å². The summed E-state index contributed by atoms with van der Waals surface area (Å²) >= 11 is 0. The van der Waals surface area contributed by atoms with E-state index in [9.17, 15) is 18.4 Å². The van der Waals surface area contributed by atoms with E-state index in [-0.39, 0.29) is 32.1 Å². The molecule has 0 bridgehead atoms. The van der Waals surface area contributed by atoms with Crippen LogP contribution in [0.25, 0.3) is 0 Å².